The van der Waals surface area contributed by atoms with Crippen molar-refractivity contribution in [3.05, 3.63) is 46.6 Å². The van der Waals surface area contributed by atoms with Gasteiger partial charge in [-0.05, 0) is 32.0 Å². The predicted octanol–water partition coefficient (Wildman–Crippen LogP) is 3.21. The molecule has 1 aromatic carbocycles. The van der Waals surface area contributed by atoms with Crippen molar-refractivity contribution in [3.8, 4) is 0 Å². The molecule has 0 unspecified atom stereocenters. The Morgan fingerprint density at radius 1 is 1.12 bits per heavy atom. The summed E-state index contributed by atoms with van der Waals surface area (Å²) in [6.45, 7) is 8.67. The average Bonchev–Trinajstić information content (AvgIpc) is 2.93. The molecule has 3 heterocycles. The van der Waals surface area contributed by atoms with Gasteiger partial charge in [0.2, 0.25) is 0 Å². The third-order valence-electron chi connectivity index (χ3n) is 4.81. The highest BCUT2D eigenvalue weighted by atomic mass is 35.5. The van der Waals surface area contributed by atoms with Crippen LogP contribution in [0.25, 0.3) is 10.9 Å². The van der Waals surface area contributed by atoms with Crippen LogP contribution in [0.3, 0.4) is 0 Å². The summed E-state index contributed by atoms with van der Waals surface area (Å²) in [5.41, 5.74) is 3.07. The summed E-state index contributed by atoms with van der Waals surface area (Å²) in [6.07, 6.45) is 1.62. The molecule has 0 amide bonds. The van der Waals surface area contributed by atoms with Crippen molar-refractivity contribution < 1.29 is 4.52 Å². The highest BCUT2D eigenvalue weighted by Gasteiger charge is 2.22. The molecule has 130 valence electrons. The summed E-state index contributed by atoms with van der Waals surface area (Å²) in [4.78, 5) is 13.6. The molecule has 3 aromatic rings. The van der Waals surface area contributed by atoms with Gasteiger partial charge in [0.25, 0.3) is 0 Å². The van der Waals surface area contributed by atoms with Crippen LogP contribution in [0.5, 0.6) is 0 Å². The SMILES string of the molecule is Cc1noc(C)c1CN1CCN(c2ncnc3cc(Cl)ccc23)CC1. The zero-order valence-corrected chi connectivity index (χ0v) is 15.1. The lowest BCUT2D eigenvalue weighted by molar-refractivity contribution is 0.247. The Bertz CT molecular complexity index is 882. The molecule has 0 atom stereocenters. The van der Waals surface area contributed by atoms with Crippen molar-refractivity contribution in [2.75, 3.05) is 31.1 Å². The van der Waals surface area contributed by atoms with Crippen molar-refractivity contribution in [2.24, 2.45) is 0 Å². The first kappa shape index (κ1) is 16.3. The molecule has 0 saturated carbocycles. The molecule has 1 saturated heterocycles. The van der Waals surface area contributed by atoms with Crippen molar-refractivity contribution >= 4 is 28.3 Å². The number of anilines is 1. The van der Waals surface area contributed by atoms with Gasteiger partial charge in [0.15, 0.2) is 0 Å². The Balaban J connectivity index is 1.49. The van der Waals surface area contributed by atoms with Gasteiger partial charge >= 0.3 is 0 Å². The number of fused-ring (bicyclic) bond motifs is 1. The van der Waals surface area contributed by atoms with E-state index in [0.717, 1.165) is 60.9 Å². The van der Waals surface area contributed by atoms with E-state index in [1.54, 1.807) is 6.33 Å². The first-order chi connectivity index (χ1) is 12.1. The van der Waals surface area contributed by atoms with E-state index in [1.165, 1.54) is 5.56 Å². The molecule has 0 spiro atoms. The van der Waals surface area contributed by atoms with Crippen molar-refractivity contribution in [1.82, 2.24) is 20.0 Å². The molecular weight excluding hydrogens is 338 g/mol. The van der Waals surface area contributed by atoms with Crippen LogP contribution in [0.2, 0.25) is 5.02 Å². The average molecular weight is 358 g/mol. The zero-order valence-electron chi connectivity index (χ0n) is 14.4. The molecule has 0 bridgehead atoms. The molecule has 1 fully saturated rings. The minimum Gasteiger partial charge on any atom is -0.361 e. The van der Waals surface area contributed by atoms with Crippen molar-refractivity contribution in [1.29, 1.82) is 0 Å². The number of aromatic nitrogens is 3. The van der Waals surface area contributed by atoms with Gasteiger partial charge in [-0.1, -0.05) is 16.8 Å². The number of aryl methyl sites for hydroxylation is 2. The predicted molar refractivity (Wildman–Crippen MR) is 98.0 cm³/mol. The van der Waals surface area contributed by atoms with Gasteiger partial charge in [0.05, 0.1) is 11.2 Å². The Morgan fingerprint density at radius 2 is 1.92 bits per heavy atom. The summed E-state index contributed by atoms with van der Waals surface area (Å²) in [5, 5.41) is 5.79. The van der Waals surface area contributed by atoms with Crippen molar-refractivity contribution in [2.45, 2.75) is 20.4 Å². The fourth-order valence-electron chi connectivity index (χ4n) is 3.34. The van der Waals surface area contributed by atoms with E-state index in [0.29, 0.717) is 5.02 Å². The van der Waals surface area contributed by atoms with E-state index >= 15 is 0 Å². The van der Waals surface area contributed by atoms with Gasteiger partial charge in [-0.3, -0.25) is 4.90 Å². The second kappa shape index (κ2) is 6.61. The van der Waals surface area contributed by atoms with Gasteiger partial charge < -0.3 is 9.42 Å². The smallest absolute Gasteiger partial charge is 0.139 e. The molecule has 1 aliphatic rings. The number of hydrogen-bond acceptors (Lipinski definition) is 6. The Labute approximate surface area is 151 Å². The number of benzene rings is 1. The van der Waals surface area contributed by atoms with E-state index in [9.17, 15) is 0 Å². The number of piperazine rings is 1. The Kier molecular flexibility index (Phi) is 4.31. The maximum Gasteiger partial charge on any atom is 0.139 e. The van der Waals surface area contributed by atoms with Crippen LogP contribution in [0.4, 0.5) is 5.82 Å². The number of nitrogens with zero attached hydrogens (tertiary/aromatic N) is 5. The van der Waals surface area contributed by atoms with E-state index in [2.05, 4.69) is 24.9 Å². The standard InChI is InChI=1S/C18H20ClN5O/c1-12-16(13(2)25-22-12)10-23-5-7-24(8-6-23)18-15-4-3-14(19)9-17(15)20-11-21-18/h3-4,9,11H,5-8,10H2,1-2H3. The first-order valence-corrected chi connectivity index (χ1v) is 8.79. The number of halogens is 1. The minimum absolute atomic E-state index is 0.696. The van der Waals surface area contributed by atoms with Crippen LogP contribution in [0.1, 0.15) is 17.0 Å². The third kappa shape index (κ3) is 3.19. The molecule has 2 aromatic heterocycles. The van der Waals surface area contributed by atoms with Gasteiger partial charge in [0.1, 0.15) is 17.9 Å². The molecule has 25 heavy (non-hydrogen) atoms. The minimum atomic E-state index is 0.696. The van der Waals surface area contributed by atoms with Gasteiger partial charge in [-0.25, -0.2) is 9.97 Å². The highest BCUT2D eigenvalue weighted by Crippen LogP contribution is 2.26. The summed E-state index contributed by atoms with van der Waals surface area (Å²) in [5.74, 6) is 1.90. The highest BCUT2D eigenvalue weighted by molar-refractivity contribution is 6.31. The summed E-state index contributed by atoms with van der Waals surface area (Å²) < 4.78 is 5.27. The monoisotopic (exact) mass is 357 g/mol. The van der Waals surface area contributed by atoms with E-state index in [-0.39, 0.29) is 0 Å². The zero-order chi connectivity index (χ0) is 17.4. The van der Waals surface area contributed by atoms with Gasteiger partial charge in [0, 0.05) is 48.7 Å². The largest absolute Gasteiger partial charge is 0.361 e. The lowest BCUT2D eigenvalue weighted by Crippen LogP contribution is -2.46. The molecule has 4 rings (SSSR count). The fraction of sp³-hybridized carbons (Fsp3) is 0.389. The summed E-state index contributed by atoms with van der Waals surface area (Å²) >= 11 is 6.08. The Morgan fingerprint density at radius 3 is 2.64 bits per heavy atom. The van der Waals surface area contributed by atoms with E-state index in [1.807, 2.05) is 32.0 Å². The van der Waals surface area contributed by atoms with Crippen LogP contribution in [0, 0.1) is 13.8 Å². The molecular formula is C18H20ClN5O. The quantitative estimate of drug-likeness (QED) is 0.717. The fourth-order valence-corrected chi connectivity index (χ4v) is 3.50. The lowest BCUT2D eigenvalue weighted by Gasteiger charge is -2.35. The van der Waals surface area contributed by atoms with Crippen molar-refractivity contribution in [3.63, 3.8) is 0 Å². The maximum absolute atomic E-state index is 6.08. The second-order valence-corrected chi connectivity index (χ2v) is 6.86. The second-order valence-electron chi connectivity index (χ2n) is 6.42. The Hall–Kier alpha value is -2.18. The normalized spacial score (nSPS) is 15.9. The molecule has 0 radical (unpaired) electrons. The first-order valence-electron chi connectivity index (χ1n) is 8.41. The van der Waals surface area contributed by atoms with Crippen LogP contribution in [-0.2, 0) is 6.54 Å². The number of rotatable bonds is 3. The number of hydrogen-bond donors (Lipinski definition) is 0. The van der Waals surface area contributed by atoms with E-state index in [4.69, 9.17) is 16.1 Å². The topological polar surface area (TPSA) is 58.3 Å². The molecule has 7 heteroatoms. The molecule has 0 aliphatic carbocycles. The molecule has 0 N–H and O–H groups in total. The van der Waals surface area contributed by atoms with Gasteiger partial charge in [-0.2, -0.15) is 0 Å². The maximum atomic E-state index is 6.08. The van der Waals surface area contributed by atoms with Crippen LogP contribution in [-0.4, -0.2) is 46.2 Å². The van der Waals surface area contributed by atoms with Crippen LogP contribution < -0.4 is 4.90 Å². The van der Waals surface area contributed by atoms with E-state index < -0.39 is 0 Å². The summed E-state index contributed by atoms with van der Waals surface area (Å²) in [6, 6.07) is 5.78. The molecule has 1 aliphatic heterocycles. The van der Waals surface area contributed by atoms with Gasteiger partial charge in [-0.15, -0.1) is 0 Å². The van der Waals surface area contributed by atoms with Crippen LogP contribution >= 0.6 is 11.6 Å². The third-order valence-corrected chi connectivity index (χ3v) is 5.05. The molecule has 6 nitrogen and oxygen atoms in total. The van der Waals surface area contributed by atoms with Crippen LogP contribution in [0.15, 0.2) is 29.0 Å². The summed E-state index contributed by atoms with van der Waals surface area (Å²) in [7, 11) is 0. The lowest BCUT2D eigenvalue weighted by atomic mass is 10.1.